The van der Waals surface area contributed by atoms with E-state index in [1.54, 1.807) is 52.0 Å². The number of hydrogen-bond donors (Lipinski definition) is 1. The Morgan fingerprint density at radius 3 is 2.21 bits per heavy atom. The number of esters is 2. The Bertz CT molecular complexity index is 556. The van der Waals surface area contributed by atoms with Crippen LogP contribution in [0, 0.1) is 0 Å². The lowest BCUT2D eigenvalue weighted by Gasteiger charge is -2.21. The molecule has 0 saturated carbocycles. The van der Waals surface area contributed by atoms with Crippen molar-refractivity contribution in [3.8, 4) is 0 Å². The van der Waals surface area contributed by atoms with E-state index in [1.165, 1.54) is 0 Å². The zero-order valence-corrected chi connectivity index (χ0v) is 14.6. The molecule has 1 N–H and O–H groups in total. The zero-order valence-electron chi connectivity index (χ0n) is 14.6. The van der Waals surface area contributed by atoms with E-state index in [1.807, 2.05) is 6.07 Å². The van der Waals surface area contributed by atoms with Crippen LogP contribution in [0.2, 0.25) is 0 Å². The van der Waals surface area contributed by atoms with Crippen LogP contribution in [0.4, 0.5) is 0 Å². The summed E-state index contributed by atoms with van der Waals surface area (Å²) in [6, 6.07) is 7.03. The van der Waals surface area contributed by atoms with Crippen LogP contribution >= 0.6 is 0 Å². The van der Waals surface area contributed by atoms with Crippen molar-refractivity contribution in [1.29, 1.82) is 0 Å². The summed E-state index contributed by atoms with van der Waals surface area (Å²) in [5.74, 6) is -1.25. The summed E-state index contributed by atoms with van der Waals surface area (Å²) in [7, 11) is 0. The van der Waals surface area contributed by atoms with Crippen LogP contribution in [0.15, 0.2) is 30.3 Å². The molecule has 0 heterocycles. The predicted molar refractivity (Wildman–Crippen MR) is 89.6 cm³/mol. The molecule has 1 rings (SSSR count). The van der Waals surface area contributed by atoms with E-state index in [0.717, 1.165) is 0 Å². The van der Waals surface area contributed by atoms with E-state index in [4.69, 9.17) is 9.47 Å². The highest BCUT2D eigenvalue weighted by atomic mass is 16.5. The molecule has 24 heavy (non-hydrogen) atoms. The Kier molecular flexibility index (Phi) is 8.12. The number of carbonyl (C=O) groups excluding carboxylic acids is 3. The van der Waals surface area contributed by atoms with Crippen LogP contribution in [0.25, 0.3) is 0 Å². The molecular weight excluding hydrogens is 310 g/mol. The standard InChI is InChI=1S/C18H25NO5/c1-5-23-18(22)15(19-13(4)17(21)24-12(2)3)11-16(20)14-9-7-6-8-10-14/h6-10,12-13,15,19H,5,11H2,1-4H3/t13-,15+/m0/s1. The molecule has 0 bridgehead atoms. The topological polar surface area (TPSA) is 81.7 Å². The zero-order chi connectivity index (χ0) is 18.1. The first-order valence-corrected chi connectivity index (χ1v) is 8.06. The Hall–Kier alpha value is -2.21. The van der Waals surface area contributed by atoms with Crippen molar-refractivity contribution in [2.45, 2.75) is 52.3 Å². The smallest absolute Gasteiger partial charge is 0.323 e. The van der Waals surface area contributed by atoms with Gasteiger partial charge in [0.25, 0.3) is 0 Å². The van der Waals surface area contributed by atoms with Gasteiger partial charge >= 0.3 is 11.9 Å². The van der Waals surface area contributed by atoms with Crippen LogP contribution in [0.3, 0.4) is 0 Å². The minimum atomic E-state index is -0.910. The number of benzene rings is 1. The fourth-order valence-electron chi connectivity index (χ4n) is 2.08. The van der Waals surface area contributed by atoms with Crippen LogP contribution < -0.4 is 5.32 Å². The van der Waals surface area contributed by atoms with Gasteiger partial charge in [-0.3, -0.25) is 19.7 Å². The highest BCUT2D eigenvalue weighted by molar-refractivity contribution is 5.99. The molecule has 0 amide bonds. The average Bonchev–Trinajstić information content (AvgIpc) is 2.54. The molecule has 0 aromatic heterocycles. The van der Waals surface area contributed by atoms with Crippen LogP contribution in [0.1, 0.15) is 44.5 Å². The molecule has 0 unspecified atom stereocenters. The molecule has 0 radical (unpaired) electrons. The summed E-state index contributed by atoms with van der Waals surface area (Å²) in [6.07, 6.45) is -0.351. The van der Waals surface area contributed by atoms with E-state index in [-0.39, 0.29) is 24.9 Å². The molecule has 1 aromatic carbocycles. The van der Waals surface area contributed by atoms with Gasteiger partial charge in [-0.15, -0.1) is 0 Å². The number of rotatable bonds is 9. The van der Waals surface area contributed by atoms with Crippen molar-refractivity contribution >= 4 is 17.7 Å². The first-order valence-electron chi connectivity index (χ1n) is 8.06. The number of Topliss-reactive ketones (excluding diaryl/α,β-unsaturated/α-hetero) is 1. The van der Waals surface area contributed by atoms with Gasteiger partial charge < -0.3 is 9.47 Å². The van der Waals surface area contributed by atoms with Crippen LogP contribution in [-0.4, -0.2) is 42.5 Å². The van der Waals surface area contributed by atoms with Gasteiger partial charge in [0, 0.05) is 12.0 Å². The highest BCUT2D eigenvalue weighted by Crippen LogP contribution is 2.08. The van der Waals surface area contributed by atoms with E-state index in [2.05, 4.69) is 5.32 Å². The Balaban J connectivity index is 2.79. The average molecular weight is 335 g/mol. The second-order valence-corrected chi connectivity index (χ2v) is 5.67. The first kappa shape index (κ1) is 19.8. The first-order chi connectivity index (χ1) is 11.3. The van der Waals surface area contributed by atoms with Gasteiger partial charge in [0.1, 0.15) is 12.1 Å². The second kappa shape index (κ2) is 9.82. The summed E-state index contributed by atoms with van der Waals surface area (Å²) < 4.78 is 10.1. The lowest BCUT2D eigenvalue weighted by molar-refractivity contribution is -0.151. The SMILES string of the molecule is CCOC(=O)[C@@H](CC(=O)c1ccccc1)N[C@@H](C)C(=O)OC(C)C. The van der Waals surface area contributed by atoms with Crippen LogP contribution in [-0.2, 0) is 19.1 Å². The van der Waals surface area contributed by atoms with Crippen molar-refractivity contribution in [3.63, 3.8) is 0 Å². The molecule has 1 aromatic rings. The molecule has 0 fully saturated rings. The summed E-state index contributed by atoms with van der Waals surface area (Å²) in [5.41, 5.74) is 0.506. The number of ether oxygens (including phenoxy) is 2. The number of ketones is 1. The summed E-state index contributed by atoms with van der Waals surface area (Å²) >= 11 is 0. The second-order valence-electron chi connectivity index (χ2n) is 5.67. The third-order valence-corrected chi connectivity index (χ3v) is 3.21. The maximum Gasteiger partial charge on any atom is 0.323 e. The molecule has 0 aliphatic carbocycles. The van der Waals surface area contributed by atoms with Gasteiger partial charge in [0.05, 0.1) is 12.7 Å². The van der Waals surface area contributed by atoms with Crippen molar-refractivity contribution in [2.24, 2.45) is 0 Å². The summed E-state index contributed by atoms with van der Waals surface area (Å²) in [5, 5.41) is 2.84. The molecule has 132 valence electrons. The quantitative estimate of drug-likeness (QED) is 0.550. The summed E-state index contributed by atoms with van der Waals surface area (Å²) in [4.78, 5) is 36.3. The van der Waals surface area contributed by atoms with Crippen molar-refractivity contribution in [2.75, 3.05) is 6.61 Å². The predicted octanol–water partition coefficient (Wildman–Crippen LogP) is 2.12. The largest absolute Gasteiger partial charge is 0.465 e. The molecular formula is C18H25NO5. The van der Waals surface area contributed by atoms with E-state index in [0.29, 0.717) is 5.56 Å². The van der Waals surface area contributed by atoms with Crippen molar-refractivity contribution in [1.82, 2.24) is 5.32 Å². The van der Waals surface area contributed by atoms with E-state index >= 15 is 0 Å². The highest BCUT2D eigenvalue weighted by Gasteiger charge is 2.28. The maximum absolute atomic E-state index is 12.3. The fourth-order valence-corrected chi connectivity index (χ4v) is 2.08. The molecule has 6 heteroatoms. The molecule has 0 spiro atoms. The number of hydrogen-bond acceptors (Lipinski definition) is 6. The third kappa shape index (κ3) is 6.50. The van der Waals surface area contributed by atoms with Gasteiger partial charge in [-0.1, -0.05) is 30.3 Å². The van der Waals surface area contributed by atoms with Crippen molar-refractivity contribution in [3.05, 3.63) is 35.9 Å². The number of nitrogens with one attached hydrogen (secondary N) is 1. The number of carbonyl (C=O) groups is 3. The van der Waals surface area contributed by atoms with Crippen LogP contribution in [0.5, 0.6) is 0 Å². The molecule has 0 aliphatic heterocycles. The molecule has 0 saturated heterocycles. The van der Waals surface area contributed by atoms with Crippen molar-refractivity contribution < 1.29 is 23.9 Å². The van der Waals surface area contributed by atoms with Gasteiger partial charge in [-0.2, -0.15) is 0 Å². The Morgan fingerprint density at radius 1 is 1.04 bits per heavy atom. The van der Waals surface area contributed by atoms with Gasteiger partial charge in [0.15, 0.2) is 5.78 Å². The van der Waals surface area contributed by atoms with Gasteiger partial charge in [-0.25, -0.2) is 0 Å². The summed E-state index contributed by atoms with van der Waals surface area (Å²) in [6.45, 7) is 6.95. The molecule has 6 nitrogen and oxygen atoms in total. The lowest BCUT2D eigenvalue weighted by Crippen LogP contribution is -2.48. The maximum atomic E-state index is 12.3. The monoisotopic (exact) mass is 335 g/mol. The van der Waals surface area contributed by atoms with Gasteiger partial charge in [-0.05, 0) is 27.7 Å². The third-order valence-electron chi connectivity index (χ3n) is 3.21. The van der Waals surface area contributed by atoms with E-state index < -0.39 is 24.0 Å². The fraction of sp³-hybridized carbons (Fsp3) is 0.500. The normalized spacial score (nSPS) is 13.2. The van der Waals surface area contributed by atoms with E-state index in [9.17, 15) is 14.4 Å². The lowest BCUT2D eigenvalue weighted by atomic mass is 10.0. The molecule has 2 atom stereocenters. The Morgan fingerprint density at radius 2 is 1.67 bits per heavy atom. The Labute approximate surface area is 142 Å². The molecule has 0 aliphatic rings. The minimum Gasteiger partial charge on any atom is -0.465 e. The van der Waals surface area contributed by atoms with Gasteiger partial charge in [0.2, 0.25) is 0 Å². The minimum absolute atomic E-state index is 0.0951.